The Kier molecular flexibility index (Phi) is 6.28. The number of nitrogens with zero attached hydrogens (tertiary/aromatic N) is 4. The normalized spacial score (nSPS) is 27.9. The topological polar surface area (TPSA) is 124 Å². The molecule has 2 saturated heterocycles. The van der Waals surface area contributed by atoms with Crippen molar-refractivity contribution < 1.29 is 24.4 Å². The number of benzene rings is 1. The first-order valence-corrected chi connectivity index (χ1v) is 10.9. The van der Waals surface area contributed by atoms with Gasteiger partial charge in [0.1, 0.15) is 24.6 Å². The molecule has 2 fully saturated rings. The molecule has 32 heavy (non-hydrogen) atoms. The van der Waals surface area contributed by atoms with Crippen LogP contribution in [-0.4, -0.2) is 80.5 Å². The molecule has 0 amide bonds. The first-order chi connectivity index (χ1) is 15.7. The highest BCUT2D eigenvalue weighted by atomic mass is 16.6. The van der Waals surface area contributed by atoms with Gasteiger partial charge in [-0.15, -0.1) is 0 Å². The Morgan fingerprint density at radius 3 is 2.81 bits per heavy atom. The summed E-state index contributed by atoms with van der Waals surface area (Å²) < 4.78 is 18.7. The Bertz CT molecular complexity index is 1030. The van der Waals surface area contributed by atoms with E-state index < -0.39 is 24.5 Å². The van der Waals surface area contributed by atoms with E-state index in [1.54, 1.807) is 10.9 Å². The van der Waals surface area contributed by atoms with E-state index in [0.717, 1.165) is 19.4 Å². The summed E-state index contributed by atoms with van der Waals surface area (Å²) in [6, 6.07) is 10.2. The van der Waals surface area contributed by atoms with Crippen LogP contribution in [-0.2, 0) is 20.6 Å². The second kappa shape index (κ2) is 9.47. The van der Waals surface area contributed by atoms with Crippen molar-refractivity contribution in [2.75, 3.05) is 31.7 Å². The lowest BCUT2D eigenvalue weighted by Gasteiger charge is -2.17. The molecule has 3 aromatic rings. The number of aliphatic hydroxyl groups is 2. The average molecular weight is 441 g/mol. The highest BCUT2D eigenvalue weighted by molar-refractivity contribution is 5.82. The van der Waals surface area contributed by atoms with E-state index in [9.17, 15) is 10.2 Å². The quantitative estimate of drug-likeness (QED) is 0.438. The number of ether oxygens (including phenoxy) is 3. The predicted molar refractivity (Wildman–Crippen MR) is 115 cm³/mol. The predicted octanol–water partition coefficient (Wildman–Crippen LogP) is 0.906. The van der Waals surface area contributed by atoms with Crippen molar-refractivity contribution in [2.45, 2.75) is 43.4 Å². The second-order valence-corrected chi connectivity index (χ2v) is 8.11. The van der Waals surface area contributed by atoms with Crippen LogP contribution in [0.1, 0.15) is 18.2 Å². The van der Waals surface area contributed by atoms with Crippen LogP contribution < -0.4 is 5.32 Å². The second-order valence-electron chi connectivity index (χ2n) is 8.11. The van der Waals surface area contributed by atoms with Gasteiger partial charge in [-0.3, -0.25) is 4.57 Å². The van der Waals surface area contributed by atoms with E-state index in [1.165, 1.54) is 11.9 Å². The molecule has 1 aromatic carbocycles. The lowest BCUT2D eigenvalue weighted by atomic mass is 10.1. The lowest BCUT2D eigenvalue weighted by Crippen LogP contribution is -2.34. The molecule has 10 heteroatoms. The Morgan fingerprint density at radius 2 is 2.00 bits per heavy atom. The highest BCUT2D eigenvalue weighted by Crippen LogP contribution is 2.32. The van der Waals surface area contributed by atoms with Gasteiger partial charge in [0.05, 0.1) is 32.2 Å². The van der Waals surface area contributed by atoms with E-state index in [0.29, 0.717) is 30.2 Å². The Labute approximate surface area is 185 Å². The summed E-state index contributed by atoms with van der Waals surface area (Å²) in [6.45, 7) is 2.01. The van der Waals surface area contributed by atoms with Gasteiger partial charge in [0, 0.05) is 6.61 Å². The van der Waals surface area contributed by atoms with Crippen LogP contribution in [0.4, 0.5) is 5.82 Å². The molecule has 170 valence electrons. The van der Waals surface area contributed by atoms with Crippen LogP contribution in [0.3, 0.4) is 0 Å². The monoisotopic (exact) mass is 441 g/mol. The van der Waals surface area contributed by atoms with Crippen molar-refractivity contribution in [1.29, 1.82) is 0 Å². The lowest BCUT2D eigenvalue weighted by molar-refractivity contribution is -0.0650. The van der Waals surface area contributed by atoms with Crippen molar-refractivity contribution >= 4 is 17.0 Å². The Morgan fingerprint density at radius 1 is 1.12 bits per heavy atom. The van der Waals surface area contributed by atoms with Gasteiger partial charge in [0.15, 0.2) is 23.2 Å². The first-order valence-electron chi connectivity index (χ1n) is 10.9. The van der Waals surface area contributed by atoms with Crippen molar-refractivity contribution in [3.63, 3.8) is 0 Å². The van der Waals surface area contributed by atoms with Crippen molar-refractivity contribution in [1.82, 2.24) is 19.5 Å². The zero-order chi connectivity index (χ0) is 21.9. The average Bonchev–Trinajstić information content (AvgIpc) is 3.54. The smallest absolute Gasteiger partial charge is 0.167 e. The van der Waals surface area contributed by atoms with Crippen molar-refractivity contribution in [2.24, 2.45) is 0 Å². The molecule has 3 N–H and O–H groups in total. The third kappa shape index (κ3) is 4.32. The van der Waals surface area contributed by atoms with Crippen molar-refractivity contribution in [3.05, 3.63) is 48.5 Å². The molecule has 2 aromatic heterocycles. The molecule has 4 heterocycles. The molecule has 0 saturated carbocycles. The maximum Gasteiger partial charge on any atom is 0.167 e. The number of nitrogens with one attached hydrogen (secondary N) is 1. The Balaban J connectivity index is 1.24. The van der Waals surface area contributed by atoms with Gasteiger partial charge in [-0.25, -0.2) is 15.0 Å². The first kappa shape index (κ1) is 21.2. The zero-order valence-corrected chi connectivity index (χ0v) is 17.6. The molecule has 2 aliphatic rings. The number of hydrogen-bond donors (Lipinski definition) is 3. The third-order valence-corrected chi connectivity index (χ3v) is 5.90. The molecule has 10 nitrogen and oxygen atoms in total. The molecule has 5 atom stereocenters. The fraction of sp³-hybridized carbons (Fsp3) is 0.500. The van der Waals surface area contributed by atoms with Gasteiger partial charge in [-0.1, -0.05) is 30.3 Å². The standard InChI is InChI=1S/C22H27N5O5/c28-18-16(11-31-8-6-14-4-2-1-3-5-14)32-22(19(18)29)27-13-25-17-20(23-12-24-21(17)27)26-15-7-9-30-10-15/h1-5,12-13,15-16,18-19,22,28-29H,6-11H2,(H,23,24,26)/t15?,16-,18+,19+,22-/m1/s1. The minimum atomic E-state index is -1.13. The summed E-state index contributed by atoms with van der Waals surface area (Å²) in [7, 11) is 0. The van der Waals surface area contributed by atoms with E-state index in [-0.39, 0.29) is 12.6 Å². The minimum Gasteiger partial charge on any atom is -0.387 e. The van der Waals surface area contributed by atoms with Gasteiger partial charge in [0.25, 0.3) is 0 Å². The van der Waals surface area contributed by atoms with Gasteiger partial charge >= 0.3 is 0 Å². The maximum absolute atomic E-state index is 10.6. The number of rotatable bonds is 8. The summed E-state index contributed by atoms with van der Waals surface area (Å²) in [6.07, 6.45) is 0.966. The van der Waals surface area contributed by atoms with Gasteiger partial charge in [-0.05, 0) is 18.4 Å². The number of aliphatic hydroxyl groups excluding tert-OH is 2. The molecular formula is C22H27N5O5. The van der Waals surface area contributed by atoms with Crippen LogP contribution in [0.15, 0.2) is 43.0 Å². The molecule has 2 aliphatic heterocycles. The van der Waals surface area contributed by atoms with E-state index in [1.807, 2.05) is 30.3 Å². The molecular weight excluding hydrogens is 414 g/mol. The molecule has 0 spiro atoms. The van der Waals surface area contributed by atoms with Crippen LogP contribution in [0.25, 0.3) is 11.2 Å². The van der Waals surface area contributed by atoms with Crippen LogP contribution >= 0.6 is 0 Å². The summed E-state index contributed by atoms with van der Waals surface area (Å²) >= 11 is 0. The number of anilines is 1. The van der Waals surface area contributed by atoms with Crippen LogP contribution in [0.2, 0.25) is 0 Å². The van der Waals surface area contributed by atoms with E-state index in [2.05, 4.69) is 20.3 Å². The summed E-state index contributed by atoms with van der Waals surface area (Å²) in [5.41, 5.74) is 2.27. The number of hydrogen-bond acceptors (Lipinski definition) is 9. The van der Waals surface area contributed by atoms with Crippen molar-refractivity contribution in [3.8, 4) is 0 Å². The largest absolute Gasteiger partial charge is 0.387 e. The van der Waals surface area contributed by atoms with Crippen LogP contribution in [0, 0.1) is 0 Å². The van der Waals surface area contributed by atoms with E-state index >= 15 is 0 Å². The van der Waals surface area contributed by atoms with Gasteiger partial charge in [0.2, 0.25) is 0 Å². The zero-order valence-electron chi connectivity index (χ0n) is 17.6. The summed E-state index contributed by atoms with van der Waals surface area (Å²) in [5, 5.41) is 24.5. The fourth-order valence-electron chi connectivity index (χ4n) is 4.12. The summed E-state index contributed by atoms with van der Waals surface area (Å²) in [5.74, 6) is 0.609. The number of fused-ring (bicyclic) bond motifs is 1. The van der Waals surface area contributed by atoms with Gasteiger partial charge < -0.3 is 29.7 Å². The SMILES string of the molecule is O[C@@H]1[C@H](O)[C@H](n2cnc3c(NC4CCOC4)ncnc32)O[C@@H]1COCCc1ccccc1. The summed E-state index contributed by atoms with van der Waals surface area (Å²) in [4.78, 5) is 13.1. The number of aromatic nitrogens is 4. The molecule has 0 aliphatic carbocycles. The van der Waals surface area contributed by atoms with E-state index in [4.69, 9.17) is 14.2 Å². The highest BCUT2D eigenvalue weighted by Gasteiger charge is 2.44. The van der Waals surface area contributed by atoms with Crippen LogP contribution in [0.5, 0.6) is 0 Å². The fourth-order valence-corrected chi connectivity index (χ4v) is 4.12. The Hall–Kier alpha value is -2.63. The molecule has 0 bridgehead atoms. The minimum absolute atomic E-state index is 0.172. The molecule has 0 radical (unpaired) electrons. The maximum atomic E-state index is 10.6. The number of imidazole rings is 1. The molecule has 1 unspecified atom stereocenters. The molecule has 5 rings (SSSR count). The third-order valence-electron chi connectivity index (χ3n) is 5.90. The van der Waals surface area contributed by atoms with Gasteiger partial charge in [-0.2, -0.15) is 0 Å².